The van der Waals surface area contributed by atoms with E-state index in [1.165, 1.54) is 5.56 Å². The number of amides is 3. The molecule has 0 aliphatic heterocycles. The highest BCUT2D eigenvalue weighted by Crippen LogP contribution is 2.20. The van der Waals surface area contributed by atoms with Crippen LogP contribution in [0.25, 0.3) is 0 Å². The minimum Gasteiger partial charge on any atom is -0.370 e. The highest BCUT2D eigenvalue weighted by Gasteiger charge is 2.22. The van der Waals surface area contributed by atoms with E-state index < -0.39 is 18.0 Å². The van der Waals surface area contributed by atoms with Gasteiger partial charge in [0.15, 0.2) is 0 Å². The zero-order chi connectivity index (χ0) is 17.4. The number of aryl methyl sites for hydroxylation is 1. The number of nitrogens with one attached hydrogen (secondary N) is 3. The van der Waals surface area contributed by atoms with Crippen LogP contribution in [-0.2, 0) is 11.2 Å². The zero-order valence-electron chi connectivity index (χ0n) is 14.0. The molecule has 2 rings (SSSR count). The molecule has 0 heterocycles. The highest BCUT2D eigenvalue weighted by atomic mass is 16.2. The van der Waals surface area contributed by atoms with Crippen LogP contribution < -0.4 is 16.0 Å². The first-order valence-corrected chi connectivity index (χ1v) is 8.13. The third-order valence-electron chi connectivity index (χ3n) is 3.64. The third-order valence-corrected chi connectivity index (χ3v) is 3.64. The maximum Gasteiger partial charge on any atom is 0.321 e. The van der Waals surface area contributed by atoms with Crippen molar-refractivity contribution in [2.75, 3.05) is 11.9 Å². The van der Waals surface area contributed by atoms with Crippen molar-refractivity contribution in [1.82, 2.24) is 10.6 Å². The van der Waals surface area contributed by atoms with Gasteiger partial charge >= 0.3 is 6.03 Å². The number of urea groups is 1. The number of carbonyl (C=O) groups is 2. The van der Waals surface area contributed by atoms with Crippen molar-refractivity contribution in [3.63, 3.8) is 0 Å². The van der Waals surface area contributed by atoms with E-state index in [4.69, 9.17) is 0 Å². The van der Waals surface area contributed by atoms with Gasteiger partial charge in [-0.1, -0.05) is 49.4 Å². The van der Waals surface area contributed by atoms with Crippen LogP contribution >= 0.6 is 0 Å². The number of imide groups is 1. The molecular weight excluding hydrogens is 302 g/mol. The quantitative estimate of drug-likeness (QED) is 0.763. The van der Waals surface area contributed by atoms with Crippen molar-refractivity contribution in [1.29, 1.82) is 0 Å². The molecule has 1 atom stereocenters. The molecule has 0 bridgehead atoms. The van der Waals surface area contributed by atoms with Crippen LogP contribution in [0.4, 0.5) is 10.5 Å². The standard InChI is InChI=1S/C19H23N3O2/c1-3-14-10-12-16(13-11-14)21-17(15-8-6-5-7-9-15)18(23)22-19(24)20-4-2/h5-13,17,21H,3-4H2,1-2H3,(H2,20,22,23,24)/t17-/m0/s1. The van der Waals surface area contributed by atoms with Crippen LogP contribution in [0.5, 0.6) is 0 Å². The van der Waals surface area contributed by atoms with Gasteiger partial charge in [-0.2, -0.15) is 0 Å². The monoisotopic (exact) mass is 325 g/mol. The molecule has 0 aliphatic rings. The SMILES string of the molecule is CCNC(=O)NC(=O)[C@@H](Nc1ccc(CC)cc1)c1ccccc1. The first-order valence-electron chi connectivity index (χ1n) is 8.13. The number of carbonyl (C=O) groups excluding carboxylic acids is 2. The van der Waals surface area contributed by atoms with E-state index in [2.05, 4.69) is 22.9 Å². The number of anilines is 1. The molecular formula is C19H23N3O2. The average molecular weight is 325 g/mol. The van der Waals surface area contributed by atoms with Crippen LogP contribution in [0.15, 0.2) is 54.6 Å². The summed E-state index contributed by atoms with van der Waals surface area (Å²) in [4.78, 5) is 24.2. The molecule has 0 spiro atoms. The molecule has 0 saturated heterocycles. The molecule has 24 heavy (non-hydrogen) atoms. The largest absolute Gasteiger partial charge is 0.370 e. The smallest absolute Gasteiger partial charge is 0.321 e. The predicted molar refractivity (Wildman–Crippen MR) is 95.8 cm³/mol. The fraction of sp³-hybridized carbons (Fsp3) is 0.263. The fourth-order valence-electron chi connectivity index (χ4n) is 2.34. The summed E-state index contributed by atoms with van der Waals surface area (Å²) in [5, 5.41) is 8.14. The van der Waals surface area contributed by atoms with Crippen LogP contribution in [0, 0.1) is 0 Å². The van der Waals surface area contributed by atoms with Gasteiger partial charge in [0, 0.05) is 12.2 Å². The Morgan fingerprint density at radius 1 is 0.958 bits per heavy atom. The Balaban J connectivity index is 2.19. The summed E-state index contributed by atoms with van der Waals surface area (Å²) in [5.41, 5.74) is 2.84. The maximum atomic E-state index is 12.5. The normalized spacial score (nSPS) is 11.4. The molecule has 0 aliphatic carbocycles. The summed E-state index contributed by atoms with van der Waals surface area (Å²) in [6.45, 7) is 4.35. The van der Waals surface area contributed by atoms with Gasteiger partial charge in [0.2, 0.25) is 0 Å². The summed E-state index contributed by atoms with van der Waals surface area (Å²) in [7, 11) is 0. The Labute approximate surface area is 142 Å². The average Bonchev–Trinajstić information content (AvgIpc) is 2.61. The molecule has 3 N–H and O–H groups in total. The van der Waals surface area contributed by atoms with E-state index >= 15 is 0 Å². The van der Waals surface area contributed by atoms with E-state index in [9.17, 15) is 9.59 Å². The van der Waals surface area contributed by atoms with Crippen LogP contribution in [0.1, 0.15) is 31.0 Å². The fourth-order valence-corrected chi connectivity index (χ4v) is 2.34. The first-order chi connectivity index (χ1) is 11.6. The lowest BCUT2D eigenvalue weighted by Crippen LogP contribution is -2.43. The van der Waals surface area contributed by atoms with Crippen molar-refractivity contribution in [2.24, 2.45) is 0 Å². The lowest BCUT2D eigenvalue weighted by molar-refractivity contribution is -0.120. The van der Waals surface area contributed by atoms with Crippen LogP contribution in [0.2, 0.25) is 0 Å². The summed E-state index contributed by atoms with van der Waals surface area (Å²) in [5.74, 6) is -0.397. The maximum absolute atomic E-state index is 12.5. The third kappa shape index (κ3) is 4.84. The van der Waals surface area contributed by atoms with Crippen molar-refractivity contribution in [2.45, 2.75) is 26.3 Å². The Bertz CT molecular complexity index is 669. The lowest BCUT2D eigenvalue weighted by atomic mass is 10.1. The number of benzene rings is 2. The molecule has 5 nitrogen and oxygen atoms in total. The minimum absolute atomic E-state index is 0.397. The molecule has 126 valence electrons. The molecule has 5 heteroatoms. The molecule has 0 saturated carbocycles. The van der Waals surface area contributed by atoms with Crippen molar-refractivity contribution in [3.05, 3.63) is 65.7 Å². The lowest BCUT2D eigenvalue weighted by Gasteiger charge is -2.20. The van der Waals surface area contributed by atoms with Gasteiger partial charge in [-0.15, -0.1) is 0 Å². The van der Waals surface area contributed by atoms with Gasteiger partial charge < -0.3 is 10.6 Å². The van der Waals surface area contributed by atoms with Crippen LogP contribution in [0.3, 0.4) is 0 Å². The van der Waals surface area contributed by atoms with Gasteiger partial charge in [0.1, 0.15) is 6.04 Å². The first kappa shape index (κ1) is 17.5. The van der Waals surface area contributed by atoms with Gasteiger partial charge in [-0.05, 0) is 36.6 Å². The number of hydrogen-bond donors (Lipinski definition) is 3. The molecule has 3 amide bonds. The molecule has 0 aromatic heterocycles. The Morgan fingerprint density at radius 3 is 2.21 bits per heavy atom. The second-order valence-electron chi connectivity index (χ2n) is 5.39. The molecule has 0 radical (unpaired) electrons. The summed E-state index contributed by atoms with van der Waals surface area (Å²) in [6, 6.07) is 16.1. The van der Waals surface area contributed by atoms with Crippen molar-refractivity contribution < 1.29 is 9.59 Å². The van der Waals surface area contributed by atoms with Crippen molar-refractivity contribution in [3.8, 4) is 0 Å². The molecule has 2 aromatic rings. The van der Waals surface area contributed by atoms with E-state index in [-0.39, 0.29) is 0 Å². The Hall–Kier alpha value is -2.82. The Kier molecular flexibility index (Phi) is 6.37. The number of hydrogen-bond acceptors (Lipinski definition) is 3. The zero-order valence-corrected chi connectivity index (χ0v) is 14.0. The van der Waals surface area contributed by atoms with Gasteiger partial charge in [0.05, 0.1) is 0 Å². The summed E-state index contributed by atoms with van der Waals surface area (Å²) in [6.07, 6.45) is 0.958. The van der Waals surface area contributed by atoms with E-state index in [0.717, 1.165) is 17.7 Å². The molecule has 0 fully saturated rings. The molecule has 2 aromatic carbocycles. The van der Waals surface area contributed by atoms with Gasteiger partial charge in [-0.3, -0.25) is 10.1 Å². The Morgan fingerprint density at radius 2 is 1.62 bits per heavy atom. The van der Waals surface area contributed by atoms with Gasteiger partial charge in [0.25, 0.3) is 5.91 Å². The minimum atomic E-state index is -0.652. The summed E-state index contributed by atoms with van der Waals surface area (Å²) >= 11 is 0. The topological polar surface area (TPSA) is 70.2 Å². The summed E-state index contributed by atoms with van der Waals surface area (Å²) < 4.78 is 0. The number of rotatable bonds is 6. The van der Waals surface area contributed by atoms with Crippen LogP contribution in [-0.4, -0.2) is 18.5 Å². The van der Waals surface area contributed by atoms with Gasteiger partial charge in [-0.25, -0.2) is 4.79 Å². The van der Waals surface area contributed by atoms with E-state index in [1.54, 1.807) is 6.92 Å². The molecule has 0 unspecified atom stereocenters. The second-order valence-corrected chi connectivity index (χ2v) is 5.39. The highest BCUT2D eigenvalue weighted by molar-refractivity contribution is 5.98. The van der Waals surface area contributed by atoms with E-state index in [0.29, 0.717) is 6.54 Å². The second kappa shape index (κ2) is 8.72. The van der Waals surface area contributed by atoms with E-state index in [1.807, 2.05) is 54.6 Å². The van der Waals surface area contributed by atoms with Crippen molar-refractivity contribution >= 4 is 17.6 Å². The predicted octanol–water partition coefficient (Wildman–Crippen LogP) is 3.25.